The first kappa shape index (κ1) is 18.5. The summed E-state index contributed by atoms with van der Waals surface area (Å²) >= 11 is 0. The van der Waals surface area contributed by atoms with E-state index in [0.717, 1.165) is 38.2 Å². The number of piperidine rings is 1. The number of aromatic nitrogens is 2. The van der Waals surface area contributed by atoms with Crippen molar-refractivity contribution in [3.05, 3.63) is 48.5 Å². The molecule has 2 aromatic rings. The number of ether oxygens (including phenoxy) is 1. The van der Waals surface area contributed by atoms with Gasteiger partial charge in [-0.25, -0.2) is 4.98 Å². The fourth-order valence-corrected chi connectivity index (χ4v) is 3.61. The van der Waals surface area contributed by atoms with Crippen LogP contribution in [0.25, 0.3) is 0 Å². The van der Waals surface area contributed by atoms with Gasteiger partial charge in [0.1, 0.15) is 12.4 Å². The predicted octanol–water partition coefficient (Wildman–Crippen LogP) is 3.04. The maximum absolute atomic E-state index is 11.7. The van der Waals surface area contributed by atoms with E-state index in [2.05, 4.69) is 22.0 Å². The maximum Gasteiger partial charge on any atom is 0.310 e. The standard InChI is InChI=1S/C20H27N3O3/c1-2-20(19(24)25)8-3-10-23(15-20)14-17-4-6-18(7-5-17)26-13-12-22-11-9-21-16-22/h4-7,9,11,16H,2-3,8,10,12-15H2,1H3,(H,24,25)/t20-/m1/s1. The van der Waals surface area contributed by atoms with Crippen molar-refractivity contribution in [3.8, 4) is 5.75 Å². The zero-order chi connectivity index (χ0) is 18.4. The van der Waals surface area contributed by atoms with Gasteiger partial charge in [0.15, 0.2) is 0 Å². The van der Waals surface area contributed by atoms with Crippen molar-refractivity contribution in [3.63, 3.8) is 0 Å². The Hall–Kier alpha value is -2.34. The molecule has 1 N–H and O–H groups in total. The fourth-order valence-electron chi connectivity index (χ4n) is 3.61. The number of carbonyl (C=O) groups is 1. The van der Waals surface area contributed by atoms with E-state index in [1.165, 1.54) is 5.56 Å². The number of nitrogens with zero attached hydrogens (tertiary/aromatic N) is 3. The molecule has 0 saturated carbocycles. The van der Waals surface area contributed by atoms with Crippen LogP contribution in [0.3, 0.4) is 0 Å². The molecule has 0 radical (unpaired) electrons. The number of carboxylic acid groups (broad SMARTS) is 1. The number of hydrogen-bond acceptors (Lipinski definition) is 4. The Kier molecular flexibility index (Phi) is 5.93. The number of imidazole rings is 1. The van der Waals surface area contributed by atoms with E-state index >= 15 is 0 Å². The van der Waals surface area contributed by atoms with Crippen molar-refractivity contribution in [2.24, 2.45) is 5.41 Å². The summed E-state index contributed by atoms with van der Waals surface area (Å²) in [7, 11) is 0. The van der Waals surface area contributed by atoms with Gasteiger partial charge in [-0.3, -0.25) is 9.69 Å². The molecule has 1 saturated heterocycles. The van der Waals surface area contributed by atoms with Crippen LogP contribution >= 0.6 is 0 Å². The first-order valence-electron chi connectivity index (χ1n) is 9.24. The molecule has 1 aromatic heterocycles. The van der Waals surface area contributed by atoms with Gasteiger partial charge in [-0.15, -0.1) is 0 Å². The van der Waals surface area contributed by atoms with Crippen LogP contribution in [0.2, 0.25) is 0 Å². The zero-order valence-electron chi connectivity index (χ0n) is 15.3. The molecule has 26 heavy (non-hydrogen) atoms. The summed E-state index contributed by atoms with van der Waals surface area (Å²) in [6.07, 6.45) is 7.85. The molecular weight excluding hydrogens is 330 g/mol. The van der Waals surface area contributed by atoms with Gasteiger partial charge in [0.25, 0.3) is 0 Å². The van der Waals surface area contributed by atoms with Gasteiger partial charge in [0.05, 0.1) is 18.3 Å². The molecule has 2 heterocycles. The van der Waals surface area contributed by atoms with E-state index in [-0.39, 0.29) is 0 Å². The first-order chi connectivity index (χ1) is 12.6. The second kappa shape index (κ2) is 8.36. The summed E-state index contributed by atoms with van der Waals surface area (Å²) in [5.74, 6) is 0.187. The third kappa shape index (κ3) is 4.43. The number of benzene rings is 1. The van der Waals surface area contributed by atoms with Gasteiger partial charge in [-0.2, -0.15) is 0 Å². The maximum atomic E-state index is 11.7. The Bertz CT molecular complexity index is 700. The van der Waals surface area contributed by atoms with Gasteiger partial charge in [0.2, 0.25) is 0 Å². The van der Waals surface area contributed by atoms with Gasteiger partial charge in [-0.1, -0.05) is 19.1 Å². The van der Waals surface area contributed by atoms with E-state index in [1.54, 1.807) is 12.5 Å². The Morgan fingerprint density at radius 2 is 2.15 bits per heavy atom. The van der Waals surface area contributed by atoms with Crippen molar-refractivity contribution in [1.82, 2.24) is 14.5 Å². The molecule has 1 aliphatic rings. The van der Waals surface area contributed by atoms with Crippen molar-refractivity contribution in [2.45, 2.75) is 39.3 Å². The summed E-state index contributed by atoms with van der Waals surface area (Å²) < 4.78 is 7.75. The lowest BCUT2D eigenvalue weighted by atomic mass is 9.77. The van der Waals surface area contributed by atoms with E-state index in [9.17, 15) is 9.90 Å². The zero-order valence-corrected chi connectivity index (χ0v) is 15.3. The molecule has 0 bridgehead atoms. The number of hydrogen-bond donors (Lipinski definition) is 1. The minimum absolute atomic E-state index is 0.589. The first-order valence-corrected chi connectivity index (χ1v) is 9.24. The topological polar surface area (TPSA) is 67.6 Å². The molecule has 1 aromatic carbocycles. The molecular formula is C20H27N3O3. The molecule has 6 nitrogen and oxygen atoms in total. The highest BCUT2D eigenvalue weighted by Crippen LogP contribution is 2.34. The molecule has 0 spiro atoms. The predicted molar refractivity (Wildman–Crippen MR) is 99.0 cm³/mol. The third-order valence-electron chi connectivity index (χ3n) is 5.29. The number of aliphatic carboxylic acids is 1. The quantitative estimate of drug-likeness (QED) is 0.786. The van der Waals surface area contributed by atoms with Crippen molar-refractivity contribution >= 4 is 5.97 Å². The van der Waals surface area contributed by atoms with Crippen LogP contribution < -0.4 is 4.74 Å². The van der Waals surface area contributed by atoms with Crippen molar-refractivity contribution in [1.29, 1.82) is 0 Å². The largest absolute Gasteiger partial charge is 0.492 e. The van der Waals surface area contributed by atoms with Gasteiger partial charge >= 0.3 is 5.97 Å². The average Bonchev–Trinajstić information content (AvgIpc) is 3.16. The Labute approximate surface area is 154 Å². The minimum Gasteiger partial charge on any atom is -0.492 e. The molecule has 6 heteroatoms. The van der Waals surface area contributed by atoms with Crippen LogP contribution in [0.5, 0.6) is 5.75 Å². The van der Waals surface area contributed by atoms with Crippen LogP contribution in [-0.4, -0.2) is 45.2 Å². The van der Waals surface area contributed by atoms with Gasteiger partial charge in [-0.05, 0) is 43.5 Å². The summed E-state index contributed by atoms with van der Waals surface area (Å²) in [6.45, 7) is 5.71. The molecule has 140 valence electrons. The van der Waals surface area contributed by atoms with E-state index < -0.39 is 11.4 Å². The monoisotopic (exact) mass is 357 g/mol. The molecule has 1 atom stereocenters. The van der Waals surface area contributed by atoms with E-state index in [1.807, 2.05) is 29.8 Å². The lowest BCUT2D eigenvalue weighted by Crippen LogP contribution is -2.47. The minimum atomic E-state index is -0.661. The van der Waals surface area contributed by atoms with Crippen LogP contribution in [0.1, 0.15) is 31.7 Å². The second-order valence-electron chi connectivity index (χ2n) is 7.05. The average molecular weight is 357 g/mol. The fraction of sp³-hybridized carbons (Fsp3) is 0.500. The van der Waals surface area contributed by atoms with Crippen molar-refractivity contribution < 1.29 is 14.6 Å². The number of likely N-dealkylation sites (tertiary alicyclic amines) is 1. The molecule has 1 aliphatic heterocycles. The highest BCUT2D eigenvalue weighted by Gasteiger charge is 2.40. The Morgan fingerprint density at radius 3 is 2.81 bits per heavy atom. The van der Waals surface area contributed by atoms with E-state index in [4.69, 9.17) is 4.74 Å². The molecule has 0 unspecified atom stereocenters. The molecule has 0 aliphatic carbocycles. The van der Waals surface area contributed by atoms with Crippen molar-refractivity contribution in [2.75, 3.05) is 19.7 Å². The van der Waals surface area contributed by atoms with E-state index in [0.29, 0.717) is 19.6 Å². The van der Waals surface area contributed by atoms with Crippen LogP contribution in [0, 0.1) is 5.41 Å². The summed E-state index contributed by atoms with van der Waals surface area (Å²) in [4.78, 5) is 18.0. The van der Waals surface area contributed by atoms with Crippen LogP contribution in [0.4, 0.5) is 0 Å². The van der Waals surface area contributed by atoms with Crippen LogP contribution in [-0.2, 0) is 17.9 Å². The Balaban J connectivity index is 1.51. The number of carboxylic acids is 1. The molecule has 0 amide bonds. The Morgan fingerprint density at radius 1 is 1.35 bits per heavy atom. The summed E-state index contributed by atoms with van der Waals surface area (Å²) in [5.41, 5.74) is 0.596. The molecule has 3 rings (SSSR count). The highest BCUT2D eigenvalue weighted by atomic mass is 16.5. The summed E-state index contributed by atoms with van der Waals surface area (Å²) in [6, 6.07) is 8.10. The normalized spacial score (nSPS) is 20.8. The second-order valence-corrected chi connectivity index (χ2v) is 7.05. The third-order valence-corrected chi connectivity index (χ3v) is 5.29. The highest BCUT2D eigenvalue weighted by molar-refractivity contribution is 5.75. The molecule has 1 fully saturated rings. The van der Waals surface area contributed by atoms with Crippen LogP contribution in [0.15, 0.2) is 43.0 Å². The van der Waals surface area contributed by atoms with Gasteiger partial charge < -0.3 is 14.4 Å². The lowest BCUT2D eigenvalue weighted by molar-refractivity contribution is -0.153. The number of rotatable bonds is 8. The smallest absolute Gasteiger partial charge is 0.310 e. The SMILES string of the molecule is CC[C@@]1(C(=O)O)CCCN(Cc2ccc(OCCn3ccnc3)cc2)C1. The summed E-state index contributed by atoms with van der Waals surface area (Å²) in [5, 5.41) is 9.61. The lowest BCUT2D eigenvalue weighted by Gasteiger charge is -2.39. The van der Waals surface area contributed by atoms with Gasteiger partial charge in [0, 0.05) is 25.5 Å².